The molecule has 0 aromatic heterocycles. The van der Waals surface area contributed by atoms with Gasteiger partial charge >= 0.3 is 0 Å². The van der Waals surface area contributed by atoms with Crippen LogP contribution in [0.5, 0.6) is 0 Å². The van der Waals surface area contributed by atoms with E-state index in [1.165, 1.54) is 17.9 Å². The molecule has 26 heavy (non-hydrogen) atoms. The molecule has 0 atom stereocenters. The van der Waals surface area contributed by atoms with Gasteiger partial charge in [-0.05, 0) is 44.9 Å². The molecule has 138 valence electrons. The van der Waals surface area contributed by atoms with Crippen LogP contribution in [0.1, 0.15) is 64.7 Å². The maximum absolute atomic E-state index is 12.8. The smallest absolute Gasteiger partial charge is 0.261 e. The molecular formula is C19H23N3O4. The molecule has 0 spiro atoms. The first-order valence-corrected chi connectivity index (χ1v) is 8.88. The third-order valence-electron chi connectivity index (χ3n) is 4.87. The number of hydrogen-bond donors (Lipinski definition) is 1. The van der Waals surface area contributed by atoms with Crippen molar-refractivity contribution in [1.82, 2.24) is 15.1 Å². The van der Waals surface area contributed by atoms with E-state index in [0.717, 1.165) is 0 Å². The lowest BCUT2D eigenvalue weighted by Gasteiger charge is -2.32. The van der Waals surface area contributed by atoms with Crippen LogP contribution in [0, 0.1) is 0 Å². The number of piperidine rings is 1. The van der Waals surface area contributed by atoms with E-state index in [4.69, 9.17) is 0 Å². The van der Waals surface area contributed by atoms with Gasteiger partial charge in [0.2, 0.25) is 5.91 Å². The van der Waals surface area contributed by atoms with Gasteiger partial charge in [0, 0.05) is 37.7 Å². The number of carbonyl (C=O) groups is 4. The van der Waals surface area contributed by atoms with Gasteiger partial charge in [0.25, 0.3) is 17.7 Å². The highest BCUT2D eigenvalue weighted by Gasteiger charge is 2.37. The maximum atomic E-state index is 12.8. The molecule has 2 heterocycles. The lowest BCUT2D eigenvalue weighted by Crippen LogP contribution is -2.46. The Kier molecular flexibility index (Phi) is 4.80. The number of carbonyl (C=O) groups excluding carboxylic acids is 4. The van der Waals surface area contributed by atoms with Gasteiger partial charge in [0.05, 0.1) is 11.1 Å². The van der Waals surface area contributed by atoms with Gasteiger partial charge in [-0.15, -0.1) is 0 Å². The summed E-state index contributed by atoms with van der Waals surface area (Å²) < 4.78 is 0. The molecule has 4 amide bonds. The number of rotatable bonds is 3. The van der Waals surface area contributed by atoms with E-state index in [1.807, 2.05) is 0 Å². The highest BCUT2D eigenvalue weighted by molar-refractivity contribution is 6.22. The van der Waals surface area contributed by atoms with Gasteiger partial charge < -0.3 is 10.2 Å². The number of amides is 4. The highest BCUT2D eigenvalue weighted by Crippen LogP contribution is 2.26. The van der Waals surface area contributed by atoms with Crippen molar-refractivity contribution in [3.63, 3.8) is 0 Å². The normalized spacial score (nSPS) is 17.7. The van der Waals surface area contributed by atoms with Crippen molar-refractivity contribution in [2.24, 2.45) is 0 Å². The van der Waals surface area contributed by atoms with Crippen LogP contribution >= 0.6 is 0 Å². The van der Waals surface area contributed by atoms with Crippen molar-refractivity contribution in [2.45, 2.75) is 45.7 Å². The summed E-state index contributed by atoms with van der Waals surface area (Å²) in [6.07, 6.45) is 1.41. The van der Waals surface area contributed by atoms with Crippen LogP contribution in [0.25, 0.3) is 0 Å². The van der Waals surface area contributed by atoms with Gasteiger partial charge in [-0.25, -0.2) is 0 Å². The third kappa shape index (κ3) is 3.21. The lowest BCUT2D eigenvalue weighted by atomic mass is 10.0. The monoisotopic (exact) mass is 357 g/mol. The summed E-state index contributed by atoms with van der Waals surface area (Å²) in [5.41, 5.74) is 1.06. The minimum atomic E-state index is -0.348. The number of likely N-dealkylation sites (tertiary alicyclic amines) is 1. The number of benzene rings is 1. The number of nitrogens with zero attached hydrogens (tertiary/aromatic N) is 2. The quantitative estimate of drug-likeness (QED) is 0.829. The van der Waals surface area contributed by atoms with E-state index in [-0.39, 0.29) is 35.7 Å². The summed E-state index contributed by atoms with van der Waals surface area (Å²) in [7, 11) is 0. The molecule has 1 saturated heterocycles. The fourth-order valence-corrected chi connectivity index (χ4v) is 3.56. The molecule has 1 aromatic rings. The first-order chi connectivity index (χ1) is 12.3. The first-order valence-electron chi connectivity index (χ1n) is 8.88. The Morgan fingerprint density at radius 1 is 1.08 bits per heavy atom. The fourth-order valence-electron chi connectivity index (χ4n) is 3.56. The predicted molar refractivity (Wildman–Crippen MR) is 94.8 cm³/mol. The number of imide groups is 1. The van der Waals surface area contributed by atoms with E-state index in [2.05, 4.69) is 5.32 Å². The van der Waals surface area contributed by atoms with Gasteiger partial charge in [0.15, 0.2) is 0 Å². The summed E-state index contributed by atoms with van der Waals surface area (Å²) >= 11 is 0. The summed E-state index contributed by atoms with van der Waals surface area (Å²) in [5.74, 6) is -0.877. The van der Waals surface area contributed by atoms with E-state index in [0.29, 0.717) is 42.6 Å². The fraction of sp³-hybridized carbons (Fsp3) is 0.474. The van der Waals surface area contributed by atoms with Crippen LogP contribution in [0.4, 0.5) is 0 Å². The number of fused-ring (bicyclic) bond motifs is 1. The molecule has 7 heteroatoms. The minimum Gasteiger partial charge on any atom is -0.353 e. The largest absolute Gasteiger partial charge is 0.353 e. The zero-order chi connectivity index (χ0) is 19.0. The Morgan fingerprint density at radius 3 is 2.27 bits per heavy atom. The second kappa shape index (κ2) is 6.90. The molecule has 0 unspecified atom stereocenters. The summed E-state index contributed by atoms with van der Waals surface area (Å²) in [6, 6.07) is 4.57. The second-order valence-electron chi connectivity index (χ2n) is 7.10. The van der Waals surface area contributed by atoms with Crippen LogP contribution < -0.4 is 5.32 Å². The Bertz CT molecular complexity index is 779. The zero-order valence-corrected chi connectivity index (χ0v) is 15.2. The topological polar surface area (TPSA) is 86.8 Å². The molecule has 1 aromatic carbocycles. The molecule has 1 fully saturated rings. The molecule has 2 aliphatic rings. The highest BCUT2D eigenvalue weighted by atomic mass is 16.2. The molecule has 7 nitrogen and oxygen atoms in total. The predicted octanol–water partition coefficient (Wildman–Crippen LogP) is 1.43. The van der Waals surface area contributed by atoms with Gasteiger partial charge in [-0.1, -0.05) is 0 Å². The SMILES string of the molecule is CC(=O)NC1CCN(C(=O)c2ccc3c(c2)C(=O)N(C(C)C)C3=O)CC1. The summed E-state index contributed by atoms with van der Waals surface area (Å²) in [6.45, 7) is 6.15. The maximum Gasteiger partial charge on any atom is 0.261 e. The van der Waals surface area contributed by atoms with E-state index in [1.54, 1.807) is 30.9 Å². The number of hydrogen-bond acceptors (Lipinski definition) is 4. The molecule has 2 aliphatic heterocycles. The van der Waals surface area contributed by atoms with Crippen molar-refractivity contribution in [2.75, 3.05) is 13.1 Å². The minimum absolute atomic E-state index is 0.0636. The standard InChI is InChI=1S/C19H23N3O4/c1-11(2)22-18(25)15-5-4-13(10-16(15)19(22)26)17(24)21-8-6-14(7-9-21)20-12(3)23/h4-5,10-11,14H,6-9H2,1-3H3,(H,20,23). The molecule has 0 aliphatic carbocycles. The average molecular weight is 357 g/mol. The van der Waals surface area contributed by atoms with Crippen LogP contribution in [0.2, 0.25) is 0 Å². The van der Waals surface area contributed by atoms with Crippen molar-refractivity contribution < 1.29 is 19.2 Å². The number of nitrogens with one attached hydrogen (secondary N) is 1. The van der Waals surface area contributed by atoms with Crippen LogP contribution in [-0.2, 0) is 4.79 Å². The molecule has 0 bridgehead atoms. The second-order valence-corrected chi connectivity index (χ2v) is 7.10. The average Bonchev–Trinajstić information content (AvgIpc) is 2.85. The van der Waals surface area contributed by atoms with Crippen molar-refractivity contribution in [3.05, 3.63) is 34.9 Å². The zero-order valence-electron chi connectivity index (χ0n) is 15.2. The Hall–Kier alpha value is -2.70. The van der Waals surface area contributed by atoms with E-state index < -0.39 is 0 Å². The Morgan fingerprint density at radius 2 is 1.69 bits per heavy atom. The lowest BCUT2D eigenvalue weighted by molar-refractivity contribution is -0.119. The van der Waals surface area contributed by atoms with Gasteiger partial charge in [-0.3, -0.25) is 24.1 Å². The van der Waals surface area contributed by atoms with Crippen molar-refractivity contribution >= 4 is 23.6 Å². The third-order valence-corrected chi connectivity index (χ3v) is 4.87. The Balaban J connectivity index is 1.74. The molecule has 0 saturated carbocycles. The first kappa shape index (κ1) is 18.1. The van der Waals surface area contributed by atoms with Crippen molar-refractivity contribution in [1.29, 1.82) is 0 Å². The molecular weight excluding hydrogens is 334 g/mol. The van der Waals surface area contributed by atoms with Crippen LogP contribution in [0.15, 0.2) is 18.2 Å². The van der Waals surface area contributed by atoms with Crippen LogP contribution in [-0.4, -0.2) is 58.6 Å². The molecule has 1 N–H and O–H groups in total. The summed E-state index contributed by atoms with van der Waals surface area (Å²) in [4.78, 5) is 51.7. The Labute approximate surface area is 152 Å². The van der Waals surface area contributed by atoms with E-state index >= 15 is 0 Å². The van der Waals surface area contributed by atoms with Gasteiger partial charge in [0.1, 0.15) is 0 Å². The van der Waals surface area contributed by atoms with Crippen molar-refractivity contribution in [3.8, 4) is 0 Å². The van der Waals surface area contributed by atoms with Crippen LogP contribution in [0.3, 0.4) is 0 Å². The molecule has 0 radical (unpaired) electrons. The van der Waals surface area contributed by atoms with E-state index in [9.17, 15) is 19.2 Å². The summed E-state index contributed by atoms with van der Waals surface area (Å²) in [5, 5.41) is 2.88. The van der Waals surface area contributed by atoms with Gasteiger partial charge in [-0.2, -0.15) is 0 Å². The molecule has 3 rings (SSSR count).